The van der Waals surface area contributed by atoms with E-state index in [2.05, 4.69) is 81.0 Å². The number of unbranched alkanes of at least 4 members (excludes halogenated alkanes) is 6. The van der Waals surface area contributed by atoms with E-state index in [1.807, 2.05) is 94.1 Å². The van der Waals surface area contributed by atoms with Gasteiger partial charge in [0.05, 0.1) is 16.9 Å². The van der Waals surface area contributed by atoms with Crippen molar-refractivity contribution in [2.75, 3.05) is 0 Å². The van der Waals surface area contributed by atoms with Crippen LogP contribution in [0, 0.1) is 0 Å². The predicted octanol–water partition coefficient (Wildman–Crippen LogP) is 15.4. The van der Waals surface area contributed by atoms with Crippen LogP contribution in [0.5, 0.6) is 0 Å². The molecule has 5 aliphatic rings. The molecule has 8 heteroatoms. The Morgan fingerprint density at radius 2 is 0.844 bits per heavy atom. The van der Waals surface area contributed by atoms with Crippen molar-refractivity contribution in [1.82, 2.24) is 0 Å². The van der Waals surface area contributed by atoms with Gasteiger partial charge in [0.25, 0.3) is 0 Å². The maximum absolute atomic E-state index is 2.45. The molecule has 4 heterocycles. The SMILES string of the molecule is C1=CSC(=C2SC=C(CCCCCCC3(CCCCCCC4=CSC(=C5SC=CS5)S4)c4ccccc4-c4ccccc43)S2)S1. The minimum absolute atomic E-state index is 0.172. The Bertz CT molecular complexity index is 1440. The van der Waals surface area contributed by atoms with E-state index < -0.39 is 0 Å². The molecule has 45 heavy (non-hydrogen) atoms. The van der Waals surface area contributed by atoms with Gasteiger partial charge in [0.2, 0.25) is 0 Å². The van der Waals surface area contributed by atoms with E-state index in [0.717, 1.165) is 0 Å². The van der Waals surface area contributed by atoms with Gasteiger partial charge in [0.1, 0.15) is 0 Å². The lowest BCUT2D eigenvalue weighted by atomic mass is 9.70. The maximum Gasteiger partial charge on any atom is 0.0697 e. The molecule has 1 aliphatic carbocycles. The Kier molecular flexibility index (Phi) is 12.1. The topological polar surface area (TPSA) is 0 Å². The van der Waals surface area contributed by atoms with Gasteiger partial charge in [0.15, 0.2) is 0 Å². The lowest BCUT2D eigenvalue weighted by molar-refractivity contribution is 0.399. The monoisotopic (exact) mass is 738 g/mol. The molecule has 0 fully saturated rings. The third-order valence-corrected chi connectivity index (χ3v) is 19.2. The molecule has 234 valence electrons. The summed E-state index contributed by atoms with van der Waals surface area (Å²) in [6.45, 7) is 0. The van der Waals surface area contributed by atoms with Crippen molar-refractivity contribution >= 4 is 94.1 Å². The maximum atomic E-state index is 2.45. The lowest BCUT2D eigenvalue weighted by Crippen LogP contribution is -2.25. The molecule has 7 rings (SSSR count). The molecule has 2 aromatic rings. The van der Waals surface area contributed by atoms with Crippen molar-refractivity contribution in [2.24, 2.45) is 0 Å². The second kappa shape index (κ2) is 16.4. The fourth-order valence-electron chi connectivity index (χ4n) is 6.82. The van der Waals surface area contributed by atoms with E-state index in [1.54, 1.807) is 20.9 Å². The van der Waals surface area contributed by atoms with Gasteiger partial charge < -0.3 is 0 Å². The van der Waals surface area contributed by atoms with E-state index in [1.165, 1.54) is 105 Å². The summed E-state index contributed by atoms with van der Waals surface area (Å²) in [5, 5.41) is 13.6. The highest BCUT2D eigenvalue weighted by molar-refractivity contribution is 8.34. The molecule has 0 spiro atoms. The normalized spacial score (nSPS) is 19.6. The van der Waals surface area contributed by atoms with E-state index in [0.29, 0.717) is 0 Å². The molecule has 0 bridgehead atoms. The molecule has 0 nitrogen and oxygen atoms in total. The molecule has 0 aromatic heterocycles. The quantitative estimate of drug-likeness (QED) is 0.174. The van der Waals surface area contributed by atoms with E-state index in [4.69, 9.17) is 0 Å². The average Bonchev–Trinajstić information content (AvgIpc) is 3.92. The van der Waals surface area contributed by atoms with Crippen LogP contribution >= 0.6 is 94.1 Å². The molecule has 0 unspecified atom stereocenters. The zero-order valence-corrected chi connectivity index (χ0v) is 31.9. The highest BCUT2D eigenvalue weighted by Crippen LogP contribution is 2.56. The van der Waals surface area contributed by atoms with Crippen LogP contribution < -0.4 is 0 Å². The van der Waals surface area contributed by atoms with Crippen molar-refractivity contribution < 1.29 is 0 Å². The fraction of sp³-hybridized carbons (Fsp3) is 0.351. The molecule has 0 saturated heterocycles. The van der Waals surface area contributed by atoms with Crippen LogP contribution in [0.3, 0.4) is 0 Å². The van der Waals surface area contributed by atoms with Crippen molar-refractivity contribution in [1.29, 1.82) is 0 Å². The number of fused-ring (bicyclic) bond motifs is 3. The summed E-state index contributed by atoms with van der Waals surface area (Å²) >= 11 is 15.4. The molecular weight excluding hydrogens is 701 g/mol. The van der Waals surface area contributed by atoms with Crippen LogP contribution in [-0.2, 0) is 5.41 Å². The number of benzene rings is 2. The van der Waals surface area contributed by atoms with E-state index in [9.17, 15) is 0 Å². The molecule has 4 aliphatic heterocycles. The van der Waals surface area contributed by atoms with Gasteiger partial charge in [-0.25, -0.2) is 0 Å². The molecule has 0 radical (unpaired) electrons. The van der Waals surface area contributed by atoms with Crippen molar-refractivity contribution in [3.63, 3.8) is 0 Å². The van der Waals surface area contributed by atoms with Gasteiger partial charge in [-0.1, -0.05) is 181 Å². The zero-order chi connectivity index (χ0) is 30.3. The molecule has 0 saturated carbocycles. The number of hydrogen-bond acceptors (Lipinski definition) is 8. The third-order valence-electron chi connectivity index (χ3n) is 8.92. The van der Waals surface area contributed by atoms with Gasteiger partial charge in [-0.3, -0.25) is 0 Å². The van der Waals surface area contributed by atoms with Gasteiger partial charge in [0, 0.05) is 5.41 Å². The first-order chi connectivity index (χ1) is 22.3. The summed E-state index contributed by atoms with van der Waals surface area (Å²) < 4.78 is 5.90. The summed E-state index contributed by atoms with van der Waals surface area (Å²) in [7, 11) is 0. The van der Waals surface area contributed by atoms with Crippen LogP contribution in [0.15, 0.2) is 108 Å². The van der Waals surface area contributed by atoms with E-state index in [-0.39, 0.29) is 5.41 Å². The largest absolute Gasteiger partial charge is 0.0884 e. The second-order valence-electron chi connectivity index (χ2n) is 11.8. The number of thioether (sulfide) groups is 8. The summed E-state index contributed by atoms with van der Waals surface area (Å²) in [5.74, 6) is 0. The Morgan fingerprint density at radius 1 is 0.422 bits per heavy atom. The lowest BCUT2D eigenvalue weighted by Gasteiger charge is -2.33. The standard InChI is InChI=1S/C37H38S8/c1(5-13-27-25-42-35(44-27)33-38-21-22-39-33)3-11-19-37(31-17-9-7-15-29(31)30-16-8-10-18-32(30)37)20-12-4-2-6-14-28-26-43-36(45-28)34-40-23-24-41-34/h7-10,15-18,21-26H,1-6,11-14,19-20H2. The highest BCUT2D eigenvalue weighted by Gasteiger charge is 2.41. The Balaban J connectivity index is 0.907. The number of hydrogen-bond donors (Lipinski definition) is 0. The first-order valence-electron chi connectivity index (χ1n) is 16.0. The van der Waals surface area contributed by atoms with Crippen molar-refractivity contribution in [3.05, 3.63) is 119 Å². The van der Waals surface area contributed by atoms with E-state index >= 15 is 0 Å². The second-order valence-corrected chi connectivity index (χ2v) is 20.5. The van der Waals surface area contributed by atoms with Crippen LogP contribution in [0.2, 0.25) is 0 Å². The Hall–Kier alpha value is -0.320. The Labute approximate surface area is 303 Å². The molecule has 2 aromatic carbocycles. The van der Waals surface area contributed by atoms with Gasteiger partial charge in [-0.15, -0.1) is 0 Å². The van der Waals surface area contributed by atoms with Gasteiger partial charge in [-0.05, 0) is 103 Å². The summed E-state index contributed by atoms with van der Waals surface area (Å²) in [4.78, 5) is 3.13. The fourth-order valence-corrected chi connectivity index (χ4v) is 16.0. The van der Waals surface area contributed by atoms with Gasteiger partial charge in [-0.2, -0.15) is 0 Å². The van der Waals surface area contributed by atoms with Crippen LogP contribution in [0.1, 0.15) is 88.2 Å². The first kappa shape index (κ1) is 33.2. The van der Waals surface area contributed by atoms with Crippen LogP contribution in [-0.4, -0.2) is 0 Å². The van der Waals surface area contributed by atoms with Gasteiger partial charge >= 0.3 is 0 Å². The summed E-state index contributed by atoms with van der Waals surface area (Å²) in [6, 6.07) is 18.7. The predicted molar refractivity (Wildman–Crippen MR) is 217 cm³/mol. The van der Waals surface area contributed by atoms with Crippen molar-refractivity contribution in [2.45, 2.75) is 82.5 Å². The molecule has 0 N–H and O–H groups in total. The molecule has 0 amide bonds. The molecular formula is C37H38S8. The van der Waals surface area contributed by atoms with Crippen LogP contribution in [0.4, 0.5) is 0 Å². The minimum atomic E-state index is 0.172. The third kappa shape index (κ3) is 7.95. The number of allylic oxidation sites excluding steroid dienone is 2. The summed E-state index contributed by atoms with van der Waals surface area (Å²) in [5.41, 5.74) is 6.32. The highest BCUT2D eigenvalue weighted by atomic mass is 32.2. The van der Waals surface area contributed by atoms with Crippen LogP contribution in [0.25, 0.3) is 11.1 Å². The number of rotatable bonds is 14. The zero-order valence-electron chi connectivity index (χ0n) is 25.3. The average molecular weight is 739 g/mol. The summed E-state index contributed by atoms with van der Waals surface area (Å²) in [6.07, 6.45) is 15.6. The smallest absolute Gasteiger partial charge is 0.0697 e. The Morgan fingerprint density at radius 3 is 1.31 bits per heavy atom. The minimum Gasteiger partial charge on any atom is -0.0884 e. The van der Waals surface area contributed by atoms with Crippen molar-refractivity contribution in [3.8, 4) is 11.1 Å². The first-order valence-corrected chi connectivity index (χ1v) is 22.9. The molecule has 0 atom stereocenters.